The summed E-state index contributed by atoms with van der Waals surface area (Å²) in [6.45, 7) is 12.5. The number of fused-ring (bicyclic) bond motifs is 3. The molecule has 6 aromatic rings. The summed E-state index contributed by atoms with van der Waals surface area (Å²) < 4.78 is 0. The van der Waals surface area contributed by atoms with E-state index in [4.69, 9.17) is 19.2 Å². The SMILES string of the molecule is C=C(C1=CC=CCC1/C=C(\C)N(c1ccccc1)C1C=Cc2ccccc2C1)c1c(S)c(Nc2ccc3ccccc3c2)cc2ccccc12.C=C/C=C\C=C/C. The lowest BCUT2D eigenvalue weighted by atomic mass is 9.82. The van der Waals surface area contributed by atoms with Crippen LogP contribution >= 0.6 is 12.6 Å². The van der Waals surface area contributed by atoms with Gasteiger partial charge < -0.3 is 10.2 Å². The number of para-hydroxylation sites is 1. The monoisotopic (exact) mass is 758 g/mol. The van der Waals surface area contributed by atoms with Gasteiger partial charge in [0.1, 0.15) is 0 Å². The first-order valence-corrected chi connectivity index (χ1v) is 20.2. The van der Waals surface area contributed by atoms with E-state index in [9.17, 15) is 0 Å². The Hall–Kier alpha value is -6.29. The molecule has 2 aliphatic carbocycles. The van der Waals surface area contributed by atoms with E-state index in [0.717, 1.165) is 51.0 Å². The van der Waals surface area contributed by atoms with E-state index in [2.05, 4.69) is 188 Å². The van der Waals surface area contributed by atoms with Crippen LogP contribution in [0.2, 0.25) is 0 Å². The highest BCUT2D eigenvalue weighted by Gasteiger charge is 2.26. The van der Waals surface area contributed by atoms with Crippen molar-refractivity contribution in [2.75, 3.05) is 10.2 Å². The van der Waals surface area contributed by atoms with Gasteiger partial charge in [-0.25, -0.2) is 0 Å². The molecule has 0 aromatic heterocycles. The fourth-order valence-corrected chi connectivity index (χ4v) is 8.25. The number of hydrogen-bond acceptors (Lipinski definition) is 3. The molecule has 0 bridgehead atoms. The van der Waals surface area contributed by atoms with Crippen LogP contribution in [0, 0.1) is 5.92 Å². The minimum Gasteiger partial charge on any atom is -0.355 e. The molecule has 8 rings (SSSR count). The van der Waals surface area contributed by atoms with Crippen LogP contribution in [0.25, 0.3) is 33.2 Å². The van der Waals surface area contributed by atoms with Gasteiger partial charge >= 0.3 is 0 Å². The third-order valence-corrected chi connectivity index (χ3v) is 11.1. The Balaban J connectivity index is 0.000000651. The molecule has 0 saturated carbocycles. The number of rotatable bonds is 10. The Morgan fingerprint density at radius 3 is 2.35 bits per heavy atom. The van der Waals surface area contributed by atoms with Crippen LogP contribution < -0.4 is 10.2 Å². The van der Waals surface area contributed by atoms with Crippen molar-refractivity contribution in [1.29, 1.82) is 0 Å². The molecule has 0 spiro atoms. The second kappa shape index (κ2) is 18.6. The van der Waals surface area contributed by atoms with Gasteiger partial charge in [-0.2, -0.15) is 0 Å². The molecule has 2 nitrogen and oxygen atoms in total. The Labute approximate surface area is 344 Å². The van der Waals surface area contributed by atoms with Crippen LogP contribution in [0.4, 0.5) is 17.1 Å². The molecule has 0 aliphatic heterocycles. The highest BCUT2D eigenvalue weighted by molar-refractivity contribution is 7.80. The summed E-state index contributed by atoms with van der Waals surface area (Å²) in [4.78, 5) is 3.40. The van der Waals surface area contributed by atoms with E-state index in [-0.39, 0.29) is 12.0 Å². The molecule has 0 radical (unpaired) electrons. The zero-order valence-electron chi connectivity index (χ0n) is 32.9. The number of thiol groups is 1. The van der Waals surface area contributed by atoms with E-state index in [1.54, 1.807) is 6.08 Å². The molecule has 0 fully saturated rings. The molecule has 2 unspecified atom stereocenters. The van der Waals surface area contributed by atoms with Crippen LogP contribution in [0.1, 0.15) is 37.0 Å². The van der Waals surface area contributed by atoms with Gasteiger partial charge in [0.05, 0.1) is 11.7 Å². The second-order valence-corrected chi connectivity index (χ2v) is 14.9. The maximum absolute atomic E-state index is 5.22. The van der Waals surface area contributed by atoms with Gasteiger partial charge in [-0.05, 0) is 101 Å². The van der Waals surface area contributed by atoms with Crippen LogP contribution in [0.5, 0.6) is 0 Å². The number of nitrogens with zero attached hydrogens (tertiary/aromatic N) is 1. The molecular weight excluding hydrogens is 709 g/mol. The lowest BCUT2D eigenvalue weighted by molar-refractivity contribution is 0.716. The number of allylic oxidation sites excluding steroid dienone is 12. The quantitative estimate of drug-likeness (QED) is 0.107. The van der Waals surface area contributed by atoms with Crippen molar-refractivity contribution in [3.05, 3.63) is 229 Å². The van der Waals surface area contributed by atoms with Gasteiger partial charge in [-0.15, -0.1) is 12.6 Å². The molecule has 0 heterocycles. The summed E-state index contributed by atoms with van der Waals surface area (Å²) in [5.41, 5.74) is 10.4. The molecule has 1 N–H and O–H groups in total. The summed E-state index contributed by atoms with van der Waals surface area (Å²) in [7, 11) is 0. The van der Waals surface area contributed by atoms with Gasteiger partial charge in [0.15, 0.2) is 0 Å². The van der Waals surface area contributed by atoms with Crippen molar-refractivity contribution in [1.82, 2.24) is 0 Å². The van der Waals surface area contributed by atoms with Gasteiger partial charge in [-0.1, -0.05) is 177 Å². The highest BCUT2D eigenvalue weighted by Crippen LogP contribution is 2.43. The number of anilines is 3. The molecule has 2 atom stereocenters. The largest absolute Gasteiger partial charge is 0.355 e. The topological polar surface area (TPSA) is 15.3 Å². The van der Waals surface area contributed by atoms with Crippen molar-refractivity contribution in [2.24, 2.45) is 5.92 Å². The highest BCUT2D eigenvalue weighted by atomic mass is 32.1. The molecule has 0 saturated heterocycles. The number of benzene rings is 6. The van der Waals surface area contributed by atoms with Crippen LogP contribution in [-0.2, 0) is 6.42 Å². The molecule has 282 valence electrons. The first-order valence-electron chi connectivity index (χ1n) is 19.7. The predicted molar refractivity (Wildman–Crippen MR) is 253 cm³/mol. The minimum atomic E-state index is 0.155. The van der Waals surface area contributed by atoms with E-state index >= 15 is 0 Å². The summed E-state index contributed by atoms with van der Waals surface area (Å²) in [6.07, 6.45) is 25.1. The Kier molecular flexibility index (Phi) is 12.7. The van der Waals surface area contributed by atoms with E-state index in [0.29, 0.717) is 0 Å². The first-order chi connectivity index (χ1) is 27.9. The molecule has 3 heteroatoms. The molecule has 57 heavy (non-hydrogen) atoms. The summed E-state index contributed by atoms with van der Waals surface area (Å²) in [6, 6.07) is 45.4. The first kappa shape index (κ1) is 39.0. The minimum absolute atomic E-state index is 0.155. The zero-order chi connectivity index (χ0) is 39.6. The van der Waals surface area contributed by atoms with Gasteiger partial charge in [0.25, 0.3) is 0 Å². The summed E-state index contributed by atoms with van der Waals surface area (Å²) >= 11 is 5.22. The third-order valence-electron chi connectivity index (χ3n) is 10.6. The smallest absolute Gasteiger partial charge is 0.0562 e. The maximum atomic E-state index is 5.22. The van der Waals surface area contributed by atoms with E-state index in [1.165, 1.54) is 38.9 Å². The zero-order valence-corrected chi connectivity index (χ0v) is 33.7. The van der Waals surface area contributed by atoms with Crippen molar-refractivity contribution in [2.45, 2.75) is 37.6 Å². The third kappa shape index (κ3) is 9.07. The number of hydrogen-bond donors (Lipinski definition) is 2. The normalized spacial score (nSPS) is 16.3. The van der Waals surface area contributed by atoms with Crippen molar-refractivity contribution in [3.8, 4) is 0 Å². The summed E-state index contributed by atoms with van der Waals surface area (Å²) in [5.74, 6) is 0.155. The molecular formula is C54H50N2S. The standard InChI is InChI=1S/C47H40N2S.C7H10/c1-32(49(41-20-4-3-5-21-41)42-27-25-35-15-7-9-17-37(35)30-42)28-38-18-10-12-22-43(38)33(2)46-44-23-13-11-19-39(44)31-45(47(46)50)48-40-26-24-34-14-6-8-16-36(34)29-40;1-3-5-7-6-4-2/h3-17,19-29,31,38,42,48,50H,2,18,30H2,1H3;3-7H,1H2,2H3/b32-28+;6-4-,7-5-. The Morgan fingerprint density at radius 2 is 1.54 bits per heavy atom. The van der Waals surface area contributed by atoms with Gasteiger partial charge in [-0.3, -0.25) is 0 Å². The average molecular weight is 759 g/mol. The van der Waals surface area contributed by atoms with Crippen LogP contribution in [0.15, 0.2) is 217 Å². The summed E-state index contributed by atoms with van der Waals surface area (Å²) in [5, 5.41) is 8.42. The lowest BCUT2D eigenvalue weighted by Crippen LogP contribution is -2.35. The second-order valence-electron chi connectivity index (χ2n) is 14.4. The maximum Gasteiger partial charge on any atom is 0.0562 e. The molecule has 0 amide bonds. The predicted octanol–water partition coefficient (Wildman–Crippen LogP) is 14.9. The fraction of sp³-hybridized carbons (Fsp3) is 0.111. The van der Waals surface area contributed by atoms with Gasteiger partial charge in [0.2, 0.25) is 0 Å². The van der Waals surface area contributed by atoms with E-state index in [1.807, 2.05) is 31.2 Å². The van der Waals surface area contributed by atoms with Crippen LogP contribution in [-0.4, -0.2) is 6.04 Å². The average Bonchev–Trinajstić information content (AvgIpc) is 3.25. The molecule has 6 aromatic carbocycles. The van der Waals surface area contributed by atoms with E-state index < -0.39 is 0 Å². The van der Waals surface area contributed by atoms with Crippen molar-refractivity contribution in [3.63, 3.8) is 0 Å². The van der Waals surface area contributed by atoms with Crippen molar-refractivity contribution >= 4 is 62.9 Å². The lowest BCUT2D eigenvalue weighted by Gasteiger charge is -2.36. The van der Waals surface area contributed by atoms with Gasteiger partial charge in [0, 0.05) is 33.4 Å². The Bertz CT molecular complexity index is 2580. The number of nitrogens with one attached hydrogen (secondary N) is 1. The fourth-order valence-electron chi connectivity index (χ4n) is 7.87. The van der Waals surface area contributed by atoms with Crippen molar-refractivity contribution < 1.29 is 0 Å². The van der Waals surface area contributed by atoms with Crippen LogP contribution in [0.3, 0.4) is 0 Å². The Morgan fingerprint density at radius 1 is 0.807 bits per heavy atom. The molecule has 2 aliphatic rings.